The summed E-state index contributed by atoms with van der Waals surface area (Å²) in [4.78, 5) is 21.9. The lowest BCUT2D eigenvalue weighted by Gasteiger charge is -2.02. The number of hydrogen-bond acceptors (Lipinski definition) is 2. The Labute approximate surface area is 99.3 Å². The van der Waals surface area contributed by atoms with Crippen molar-refractivity contribution in [3.05, 3.63) is 41.2 Å². The molecule has 17 heavy (non-hydrogen) atoms. The van der Waals surface area contributed by atoms with Gasteiger partial charge in [-0.3, -0.25) is 9.59 Å². The van der Waals surface area contributed by atoms with Crippen molar-refractivity contribution in [3.63, 3.8) is 0 Å². The number of amides is 1. The van der Waals surface area contributed by atoms with Crippen LogP contribution in [0.5, 0.6) is 0 Å². The Bertz CT molecular complexity index is 466. The summed E-state index contributed by atoms with van der Waals surface area (Å²) in [7, 11) is 0. The fourth-order valence-electron chi connectivity index (χ4n) is 1.37. The van der Waals surface area contributed by atoms with Crippen LogP contribution in [-0.2, 0) is 4.79 Å². The number of ketones is 1. The van der Waals surface area contributed by atoms with Crippen molar-refractivity contribution in [2.45, 2.75) is 13.8 Å². The molecule has 1 aromatic carbocycles. The summed E-state index contributed by atoms with van der Waals surface area (Å²) in [6.45, 7) is 3.19. The van der Waals surface area contributed by atoms with E-state index in [2.05, 4.69) is 5.32 Å². The zero-order valence-electron chi connectivity index (χ0n) is 9.79. The van der Waals surface area contributed by atoms with Crippen molar-refractivity contribution in [3.8, 4) is 0 Å². The third-order valence-electron chi connectivity index (χ3n) is 2.16. The largest absolute Gasteiger partial charge is 0.353 e. The molecule has 0 aliphatic rings. The second-order valence-electron chi connectivity index (χ2n) is 3.63. The average molecular weight is 235 g/mol. The van der Waals surface area contributed by atoms with E-state index in [9.17, 15) is 14.0 Å². The number of carbonyl (C=O) groups excluding carboxylic acids is 2. The van der Waals surface area contributed by atoms with E-state index < -0.39 is 5.82 Å². The fraction of sp³-hybridized carbons (Fsp3) is 0.231. The molecule has 0 aliphatic heterocycles. The van der Waals surface area contributed by atoms with Gasteiger partial charge in [-0.1, -0.05) is 18.2 Å². The molecule has 0 radical (unpaired) electrons. The Kier molecular flexibility index (Phi) is 4.57. The Hall–Kier alpha value is -1.97. The van der Waals surface area contributed by atoms with E-state index in [1.54, 1.807) is 12.2 Å². The van der Waals surface area contributed by atoms with Crippen LogP contribution in [0, 0.1) is 5.82 Å². The Morgan fingerprint density at radius 1 is 1.35 bits per heavy atom. The normalized spacial score (nSPS) is 10.5. The maximum absolute atomic E-state index is 13.0. The summed E-state index contributed by atoms with van der Waals surface area (Å²) in [5.74, 6) is -0.751. The van der Waals surface area contributed by atoms with Crippen LogP contribution in [0.2, 0.25) is 0 Å². The molecule has 90 valence electrons. The minimum absolute atomic E-state index is 0.124. The van der Waals surface area contributed by atoms with Gasteiger partial charge in [0.2, 0.25) is 5.91 Å². The van der Waals surface area contributed by atoms with Crippen molar-refractivity contribution < 1.29 is 14.0 Å². The first-order valence-electron chi connectivity index (χ1n) is 5.22. The molecular formula is C13H14FNO2. The van der Waals surface area contributed by atoms with E-state index in [0.29, 0.717) is 17.7 Å². The minimum Gasteiger partial charge on any atom is -0.353 e. The Morgan fingerprint density at radius 2 is 2.06 bits per heavy atom. The second kappa shape index (κ2) is 5.94. The predicted octanol–water partition coefficient (Wildman–Crippen LogP) is 2.18. The SMILES string of the molecule is CC(=O)NCC=Cc1ccc(F)cc1C(C)=O. The number of halogens is 1. The highest BCUT2D eigenvalue weighted by molar-refractivity contribution is 5.97. The lowest BCUT2D eigenvalue weighted by atomic mass is 10.0. The van der Waals surface area contributed by atoms with Gasteiger partial charge in [-0.25, -0.2) is 4.39 Å². The van der Waals surface area contributed by atoms with Gasteiger partial charge in [-0.15, -0.1) is 0 Å². The van der Waals surface area contributed by atoms with Crippen molar-refractivity contribution in [2.75, 3.05) is 6.54 Å². The Balaban J connectivity index is 2.83. The molecule has 0 saturated heterocycles. The lowest BCUT2D eigenvalue weighted by Crippen LogP contribution is -2.19. The zero-order valence-corrected chi connectivity index (χ0v) is 9.79. The summed E-state index contributed by atoms with van der Waals surface area (Å²) in [5, 5.41) is 2.59. The maximum Gasteiger partial charge on any atom is 0.217 e. The molecule has 0 aliphatic carbocycles. The summed E-state index contributed by atoms with van der Waals surface area (Å²) in [6, 6.07) is 4.04. The number of carbonyl (C=O) groups is 2. The van der Waals surface area contributed by atoms with E-state index in [0.717, 1.165) is 0 Å². The molecule has 0 atom stereocenters. The first kappa shape index (κ1) is 13.1. The van der Waals surface area contributed by atoms with E-state index in [-0.39, 0.29) is 11.7 Å². The molecule has 0 spiro atoms. The highest BCUT2D eigenvalue weighted by atomic mass is 19.1. The molecule has 1 aromatic rings. The molecule has 0 fully saturated rings. The monoisotopic (exact) mass is 235 g/mol. The Morgan fingerprint density at radius 3 is 2.65 bits per heavy atom. The summed E-state index contributed by atoms with van der Waals surface area (Å²) < 4.78 is 13.0. The summed E-state index contributed by atoms with van der Waals surface area (Å²) in [6.07, 6.45) is 3.40. The molecule has 1 rings (SSSR count). The average Bonchev–Trinajstić information content (AvgIpc) is 2.25. The molecule has 0 heterocycles. The van der Waals surface area contributed by atoms with Gasteiger partial charge in [0.25, 0.3) is 0 Å². The fourth-order valence-corrected chi connectivity index (χ4v) is 1.37. The number of nitrogens with one attached hydrogen (secondary N) is 1. The quantitative estimate of drug-likeness (QED) is 0.813. The molecule has 4 heteroatoms. The van der Waals surface area contributed by atoms with Gasteiger partial charge in [0.15, 0.2) is 5.78 Å². The van der Waals surface area contributed by atoms with E-state index in [1.807, 2.05) is 0 Å². The molecule has 1 N–H and O–H groups in total. The van der Waals surface area contributed by atoms with E-state index in [1.165, 1.54) is 32.0 Å². The number of Topliss-reactive ketones (excluding diaryl/α,β-unsaturated/α-hetero) is 1. The van der Waals surface area contributed by atoms with Crippen LogP contribution in [0.15, 0.2) is 24.3 Å². The highest BCUT2D eigenvalue weighted by Crippen LogP contribution is 2.13. The summed E-state index contributed by atoms with van der Waals surface area (Å²) in [5.41, 5.74) is 0.980. The lowest BCUT2D eigenvalue weighted by molar-refractivity contribution is -0.118. The van der Waals surface area contributed by atoms with Crippen molar-refractivity contribution >= 4 is 17.8 Å². The highest BCUT2D eigenvalue weighted by Gasteiger charge is 2.05. The molecule has 3 nitrogen and oxygen atoms in total. The molecular weight excluding hydrogens is 221 g/mol. The van der Waals surface area contributed by atoms with Crippen LogP contribution in [-0.4, -0.2) is 18.2 Å². The zero-order chi connectivity index (χ0) is 12.8. The molecule has 0 bridgehead atoms. The van der Waals surface area contributed by atoms with Crippen molar-refractivity contribution in [1.29, 1.82) is 0 Å². The standard InChI is InChI=1S/C13H14FNO2/c1-9(16)13-8-12(14)6-5-11(13)4-3-7-15-10(2)17/h3-6,8H,7H2,1-2H3,(H,15,17). The van der Waals surface area contributed by atoms with Crippen LogP contribution < -0.4 is 5.32 Å². The minimum atomic E-state index is -0.436. The maximum atomic E-state index is 13.0. The van der Waals surface area contributed by atoms with E-state index >= 15 is 0 Å². The first-order valence-corrected chi connectivity index (χ1v) is 5.22. The van der Waals surface area contributed by atoms with Crippen molar-refractivity contribution in [1.82, 2.24) is 5.32 Å². The van der Waals surface area contributed by atoms with Crippen molar-refractivity contribution in [2.24, 2.45) is 0 Å². The van der Waals surface area contributed by atoms with Crippen LogP contribution in [0.1, 0.15) is 29.8 Å². The molecule has 1 amide bonds. The van der Waals surface area contributed by atoms with E-state index in [4.69, 9.17) is 0 Å². The number of rotatable bonds is 4. The van der Waals surface area contributed by atoms with Crippen LogP contribution >= 0.6 is 0 Å². The smallest absolute Gasteiger partial charge is 0.217 e. The van der Waals surface area contributed by atoms with Gasteiger partial charge >= 0.3 is 0 Å². The van der Waals surface area contributed by atoms with Gasteiger partial charge in [-0.05, 0) is 24.6 Å². The van der Waals surface area contributed by atoms with Crippen LogP contribution in [0.3, 0.4) is 0 Å². The number of benzene rings is 1. The first-order chi connectivity index (χ1) is 8.00. The summed E-state index contributed by atoms with van der Waals surface area (Å²) >= 11 is 0. The third kappa shape index (κ3) is 4.18. The van der Waals surface area contributed by atoms with Gasteiger partial charge in [0.05, 0.1) is 0 Å². The van der Waals surface area contributed by atoms with Gasteiger partial charge < -0.3 is 5.32 Å². The molecule has 0 saturated carbocycles. The van der Waals surface area contributed by atoms with Gasteiger partial charge in [0, 0.05) is 19.0 Å². The number of hydrogen-bond donors (Lipinski definition) is 1. The topological polar surface area (TPSA) is 46.2 Å². The second-order valence-corrected chi connectivity index (χ2v) is 3.63. The van der Waals surface area contributed by atoms with Crippen LogP contribution in [0.4, 0.5) is 4.39 Å². The predicted molar refractivity (Wildman–Crippen MR) is 64.1 cm³/mol. The van der Waals surface area contributed by atoms with Gasteiger partial charge in [0.1, 0.15) is 5.82 Å². The third-order valence-corrected chi connectivity index (χ3v) is 2.16. The van der Waals surface area contributed by atoms with Gasteiger partial charge in [-0.2, -0.15) is 0 Å². The molecule has 0 aromatic heterocycles. The van der Waals surface area contributed by atoms with Crippen LogP contribution in [0.25, 0.3) is 6.08 Å². The molecule has 0 unspecified atom stereocenters.